The van der Waals surface area contributed by atoms with Crippen molar-refractivity contribution in [3.05, 3.63) is 35.4 Å². The summed E-state index contributed by atoms with van der Waals surface area (Å²) in [6.07, 6.45) is -0.167. The Bertz CT molecular complexity index is 466. The molecular formula is C17H26N2O2. The number of benzene rings is 1. The number of ether oxygens (including phenoxy) is 1. The van der Waals surface area contributed by atoms with Gasteiger partial charge in [-0.3, -0.25) is 4.90 Å². The van der Waals surface area contributed by atoms with Crippen LogP contribution in [0.5, 0.6) is 0 Å². The number of hydrogen-bond acceptors (Lipinski definition) is 3. The summed E-state index contributed by atoms with van der Waals surface area (Å²) in [7, 11) is 0. The van der Waals surface area contributed by atoms with Crippen molar-refractivity contribution in [2.24, 2.45) is 5.92 Å². The summed E-state index contributed by atoms with van der Waals surface area (Å²) in [5, 5.41) is 0. The molecule has 2 rings (SSSR count). The summed E-state index contributed by atoms with van der Waals surface area (Å²) in [4.78, 5) is 16.1. The lowest BCUT2D eigenvalue weighted by molar-refractivity contribution is 0.0675. The Labute approximate surface area is 127 Å². The van der Waals surface area contributed by atoms with E-state index in [-0.39, 0.29) is 6.09 Å². The second kappa shape index (κ2) is 7.46. The molecule has 4 heteroatoms. The maximum absolute atomic E-state index is 11.9. The number of rotatable bonds is 4. The van der Waals surface area contributed by atoms with E-state index in [0.717, 1.165) is 32.7 Å². The molecule has 4 nitrogen and oxygen atoms in total. The molecule has 1 heterocycles. The minimum atomic E-state index is -0.167. The van der Waals surface area contributed by atoms with Gasteiger partial charge in [0.2, 0.25) is 0 Å². The standard InChI is InChI=1S/C17H26N2O2/c1-14(2)13-21-17(20)19-10-8-18(9-11-19)12-16-7-5-4-6-15(16)3/h4-7,14H,8-13H2,1-3H3. The van der Waals surface area contributed by atoms with Gasteiger partial charge in [-0.15, -0.1) is 0 Å². The van der Waals surface area contributed by atoms with Crippen molar-refractivity contribution < 1.29 is 9.53 Å². The fourth-order valence-corrected chi connectivity index (χ4v) is 2.45. The largest absolute Gasteiger partial charge is 0.449 e. The van der Waals surface area contributed by atoms with Gasteiger partial charge in [0.05, 0.1) is 6.61 Å². The van der Waals surface area contributed by atoms with E-state index in [1.165, 1.54) is 11.1 Å². The zero-order valence-corrected chi connectivity index (χ0v) is 13.3. The topological polar surface area (TPSA) is 32.8 Å². The molecule has 0 saturated carbocycles. The Hall–Kier alpha value is -1.55. The third kappa shape index (κ3) is 4.74. The monoisotopic (exact) mass is 290 g/mol. The maximum atomic E-state index is 11.9. The van der Waals surface area contributed by atoms with E-state index in [2.05, 4.69) is 36.1 Å². The first kappa shape index (κ1) is 15.8. The van der Waals surface area contributed by atoms with Crippen LogP contribution in [0.1, 0.15) is 25.0 Å². The Morgan fingerprint density at radius 2 is 1.86 bits per heavy atom. The second-order valence-corrected chi connectivity index (χ2v) is 6.16. The molecule has 0 aliphatic carbocycles. The third-order valence-electron chi connectivity index (χ3n) is 3.83. The van der Waals surface area contributed by atoms with Crippen molar-refractivity contribution in [2.75, 3.05) is 32.8 Å². The van der Waals surface area contributed by atoms with E-state index < -0.39 is 0 Å². The molecule has 0 N–H and O–H groups in total. The summed E-state index contributed by atoms with van der Waals surface area (Å²) in [5.74, 6) is 0.385. The van der Waals surface area contributed by atoms with Crippen LogP contribution in [0.3, 0.4) is 0 Å². The van der Waals surface area contributed by atoms with E-state index in [1.807, 2.05) is 18.7 Å². The van der Waals surface area contributed by atoms with Gasteiger partial charge in [-0.05, 0) is 24.0 Å². The van der Waals surface area contributed by atoms with E-state index in [9.17, 15) is 4.79 Å². The zero-order chi connectivity index (χ0) is 15.2. The highest BCUT2D eigenvalue weighted by atomic mass is 16.6. The molecule has 0 radical (unpaired) electrons. The first-order chi connectivity index (χ1) is 10.1. The lowest BCUT2D eigenvalue weighted by atomic mass is 10.1. The smallest absolute Gasteiger partial charge is 0.409 e. The van der Waals surface area contributed by atoms with Crippen LogP contribution in [0.4, 0.5) is 4.79 Å². The molecule has 1 fully saturated rings. The summed E-state index contributed by atoms with van der Waals surface area (Å²) in [6, 6.07) is 8.48. The number of aryl methyl sites for hydroxylation is 1. The van der Waals surface area contributed by atoms with E-state index >= 15 is 0 Å². The van der Waals surface area contributed by atoms with Crippen LogP contribution in [0.2, 0.25) is 0 Å². The molecule has 0 bridgehead atoms. The molecular weight excluding hydrogens is 264 g/mol. The van der Waals surface area contributed by atoms with Crippen molar-refractivity contribution in [1.29, 1.82) is 0 Å². The number of carbonyl (C=O) groups excluding carboxylic acids is 1. The van der Waals surface area contributed by atoms with E-state index in [1.54, 1.807) is 0 Å². The number of carbonyl (C=O) groups is 1. The first-order valence-corrected chi connectivity index (χ1v) is 7.75. The molecule has 1 aliphatic heterocycles. The van der Waals surface area contributed by atoms with Gasteiger partial charge in [-0.2, -0.15) is 0 Å². The van der Waals surface area contributed by atoms with Gasteiger partial charge in [0.25, 0.3) is 0 Å². The molecule has 1 aliphatic rings. The fourth-order valence-electron chi connectivity index (χ4n) is 2.45. The highest BCUT2D eigenvalue weighted by Crippen LogP contribution is 2.13. The predicted molar refractivity (Wildman–Crippen MR) is 84.2 cm³/mol. The summed E-state index contributed by atoms with van der Waals surface area (Å²) < 4.78 is 5.28. The third-order valence-corrected chi connectivity index (χ3v) is 3.83. The number of amides is 1. The highest BCUT2D eigenvalue weighted by molar-refractivity contribution is 5.67. The quantitative estimate of drug-likeness (QED) is 0.855. The maximum Gasteiger partial charge on any atom is 0.409 e. The van der Waals surface area contributed by atoms with Gasteiger partial charge in [-0.1, -0.05) is 38.1 Å². The average molecular weight is 290 g/mol. The summed E-state index contributed by atoms with van der Waals surface area (Å²) in [5.41, 5.74) is 2.70. The van der Waals surface area contributed by atoms with Gasteiger partial charge in [-0.25, -0.2) is 4.79 Å². The molecule has 0 unspecified atom stereocenters. The minimum absolute atomic E-state index is 0.167. The molecule has 0 spiro atoms. The summed E-state index contributed by atoms with van der Waals surface area (Å²) in [6.45, 7) is 11.0. The Morgan fingerprint density at radius 3 is 2.48 bits per heavy atom. The van der Waals surface area contributed by atoms with Crippen LogP contribution in [0.15, 0.2) is 24.3 Å². The molecule has 1 saturated heterocycles. The molecule has 1 aromatic rings. The van der Waals surface area contributed by atoms with Gasteiger partial charge in [0.1, 0.15) is 0 Å². The number of piperazine rings is 1. The van der Waals surface area contributed by atoms with Gasteiger partial charge in [0, 0.05) is 32.7 Å². The average Bonchev–Trinajstić information content (AvgIpc) is 2.48. The highest BCUT2D eigenvalue weighted by Gasteiger charge is 2.22. The SMILES string of the molecule is Cc1ccccc1CN1CCN(C(=O)OCC(C)C)CC1. The molecule has 1 amide bonds. The molecule has 116 valence electrons. The molecule has 0 atom stereocenters. The Kier molecular flexibility index (Phi) is 5.62. The van der Waals surface area contributed by atoms with Crippen molar-refractivity contribution in [1.82, 2.24) is 9.80 Å². The zero-order valence-electron chi connectivity index (χ0n) is 13.3. The molecule has 1 aromatic carbocycles. The fraction of sp³-hybridized carbons (Fsp3) is 0.588. The minimum Gasteiger partial charge on any atom is -0.449 e. The van der Waals surface area contributed by atoms with Crippen LogP contribution >= 0.6 is 0 Å². The van der Waals surface area contributed by atoms with Crippen LogP contribution in [0.25, 0.3) is 0 Å². The van der Waals surface area contributed by atoms with Crippen LogP contribution < -0.4 is 0 Å². The van der Waals surface area contributed by atoms with Crippen molar-refractivity contribution in [3.8, 4) is 0 Å². The molecule has 21 heavy (non-hydrogen) atoms. The summed E-state index contributed by atoms with van der Waals surface area (Å²) >= 11 is 0. The predicted octanol–water partition coefficient (Wildman–Crippen LogP) is 2.91. The first-order valence-electron chi connectivity index (χ1n) is 7.75. The van der Waals surface area contributed by atoms with Crippen LogP contribution in [0, 0.1) is 12.8 Å². The Morgan fingerprint density at radius 1 is 1.19 bits per heavy atom. The van der Waals surface area contributed by atoms with Gasteiger partial charge in [0.15, 0.2) is 0 Å². The van der Waals surface area contributed by atoms with Crippen LogP contribution in [-0.4, -0.2) is 48.7 Å². The van der Waals surface area contributed by atoms with E-state index in [0.29, 0.717) is 12.5 Å². The normalized spacial score (nSPS) is 16.3. The van der Waals surface area contributed by atoms with Gasteiger partial charge < -0.3 is 9.64 Å². The van der Waals surface area contributed by atoms with E-state index in [4.69, 9.17) is 4.74 Å². The lowest BCUT2D eigenvalue weighted by Crippen LogP contribution is -2.48. The van der Waals surface area contributed by atoms with Gasteiger partial charge >= 0.3 is 6.09 Å². The van der Waals surface area contributed by atoms with Crippen molar-refractivity contribution in [2.45, 2.75) is 27.3 Å². The number of nitrogens with zero attached hydrogens (tertiary/aromatic N) is 2. The van der Waals surface area contributed by atoms with Crippen LogP contribution in [-0.2, 0) is 11.3 Å². The number of hydrogen-bond donors (Lipinski definition) is 0. The second-order valence-electron chi connectivity index (χ2n) is 6.16. The molecule has 0 aromatic heterocycles. The lowest BCUT2D eigenvalue weighted by Gasteiger charge is -2.34. The van der Waals surface area contributed by atoms with Crippen molar-refractivity contribution >= 4 is 6.09 Å². The van der Waals surface area contributed by atoms with Crippen molar-refractivity contribution in [3.63, 3.8) is 0 Å². The Balaban J connectivity index is 1.78.